The third kappa shape index (κ3) is 4.67. The fraction of sp³-hybridized carbons (Fsp3) is 0.538. The molecule has 0 aromatic carbocycles. The molecule has 1 aromatic heterocycles. The van der Waals surface area contributed by atoms with Crippen molar-refractivity contribution in [2.24, 2.45) is 11.5 Å². The van der Waals surface area contributed by atoms with Gasteiger partial charge in [-0.2, -0.15) is 0 Å². The van der Waals surface area contributed by atoms with E-state index in [1.54, 1.807) is 16.2 Å². The van der Waals surface area contributed by atoms with Gasteiger partial charge in [0.15, 0.2) is 0 Å². The van der Waals surface area contributed by atoms with E-state index in [-0.39, 0.29) is 12.3 Å². The van der Waals surface area contributed by atoms with E-state index in [4.69, 9.17) is 23.1 Å². The summed E-state index contributed by atoms with van der Waals surface area (Å²) in [5.41, 5.74) is 10.8. The summed E-state index contributed by atoms with van der Waals surface area (Å²) in [7, 11) is 0. The SMILES string of the molecule is NC(=O)CC(N)C(=O)N1CCN(Cc2ccc(Cl)s2)CC1. The monoisotopic (exact) mass is 330 g/mol. The molecule has 8 heteroatoms. The molecule has 2 rings (SSSR count). The second-order valence-electron chi connectivity index (χ2n) is 5.08. The van der Waals surface area contributed by atoms with E-state index in [1.807, 2.05) is 12.1 Å². The molecule has 0 aliphatic carbocycles. The first-order valence-corrected chi connectivity index (χ1v) is 7.94. The summed E-state index contributed by atoms with van der Waals surface area (Å²) in [4.78, 5) is 28.1. The summed E-state index contributed by atoms with van der Waals surface area (Å²) < 4.78 is 0.788. The molecule has 0 spiro atoms. The highest BCUT2D eigenvalue weighted by atomic mass is 35.5. The van der Waals surface area contributed by atoms with Crippen molar-refractivity contribution >= 4 is 34.8 Å². The number of carbonyl (C=O) groups is 2. The van der Waals surface area contributed by atoms with E-state index < -0.39 is 11.9 Å². The first kappa shape index (κ1) is 16.2. The van der Waals surface area contributed by atoms with Crippen molar-refractivity contribution in [1.29, 1.82) is 0 Å². The Balaban J connectivity index is 1.80. The summed E-state index contributed by atoms with van der Waals surface area (Å²) in [5, 5.41) is 0. The number of carbonyl (C=O) groups excluding carboxylic acids is 2. The maximum absolute atomic E-state index is 12.1. The second-order valence-corrected chi connectivity index (χ2v) is 6.88. The summed E-state index contributed by atoms with van der Waals surface area (Å²) in [6, 6.07) is 3.09. The van der Waals surface area contributed by atoms with Gasteiger partial charge >= 0.3 is 0 Å². The zero-order valence-electron chi connectivity index (χ0n) is 11.6. The van der Waals surface area contributed by atoms with Crippen molar-refractivity contribution in [2.45, 2.75) is 19.0 Å². The Morgan fingerprint density at radius 3 is 2.48 bits per heavy atom. The van der Waals surface area contributed by atoms with Gasteiger partial charge in [0.25, 0.3) is 0 Å². The van der Waals surface area contributed by atoms with Crippen molar-refractivity contribution < 1.29 is 9.59 Å². The van der Waals surface area contributed by atoms with Gasteiger partial charge in [-0.05, 0) is 12.1 Å². The number of nitrogens with zero attached hydrogens (tertiary/aromatic N) is 2. The second kappa shape index (κ2) is 7.22. The highest BCUT2D eigenvalue weighted by Gasteiger charge is 2.26. The van der Waals surface area contributed by atoms with Gasteiger partial charge in [-0.1, -0.05) is 11.6 Å². The Morgan fingerprint density at radius 2 is 1.95 bits per heavy atom. The lowest BCUT2D eigenvalue weighted by atomic mass is 10.1. The topological polar surface area (TPSA) is 92.7 Å². The van der Waals surface area contributed by atoms with Crippen LogP contribution in [0.25, 0.3) is 0 Å². The van der Waals surface area contributed by atoms with Gasteiger partial charge in [-0.3, -0.25) is 14.5 Å². The van der Waals surface area contributed by atoms with Crippen LogP contribution in [-0.4, -0.2) is 53.8 Å². The largest absolute Gasteiger partial charge is 0.370 e. The lowest BCUT2D eigenvalue weighted by molar-refractivity contribution is -0.136. The van der Waals surface area contributed by atoms with Crippen LogP contribution in [0.4, 0.5) is 0 Å². The van der Waals surface area contributed by atoms with Crippen LogP contribution in [0, 0.1) is 0 Å². The Morgan fingerprint density at radius 1 is 1.29 bits per heavy atom. The Bertz CT molecular complexity index is 514. The molecule has 1 aliphatic heterocycles. The average Bonchev–Trinajstić information content (AvgIpc) is 2.83. The molecule has 1 unspecified atom stereocenters. The molecule has 0 saturated carbocycles. The van der Waals surface area contributed by atoms with Gasteiger partial charge in [0, 0.05) is 37.6 Å². The van der Waals surface area contributed by atoms with Gasteiger partial charge in [0.1, 0.15) is 0 Å². The molecular weight excluding hydrogens is 312 g/mol. The highest BCUT2D eigenvalue weighted by Crippen LogP contribution is 2.23. The summed E-state index contributed by atoms with van der Waals surface area (Å²) in [6.07, 6.45) is -0.104. The molecular formula is C13H19ClN4O2S. The quantitative estimate of drug-likeness (QED) is 0.809. The van der Waals surface area contributed by atoms with Crippen LogP contribution in [0.5, 0.6) is 0 Å². The molecule has 1 atom stereocenters. The van der Waals surface area contributed by atoms with E-state index in [1.165, 1.54) is 4.88 Å². The first-order chi connectivity index (χ1) is 9.95. The first-order valence-electron chi connectivity index (χ1n) is 6.75. The molecule has 6 nitrogen and oxygen atoms in total. The van der Waals surface area contributed by atoms with E-state index in [0.717, 1.165) is 24.0 Å². The van der Waals surface area contributed by atoms with Gasteiger partial charge in [0.2, 0.25) is 11.8 Å². The molecule has 1 fully saturated rings. The number of amides is 2. The number of hydrogen-bond acceptors (Lipinski definition) is 5. The molecule has 1 aromatic rings. The number of hydrogen-bond donors (Lipinski definition) is 2. The molecule has 0 radical (unpaired) electrons. The lowest BCUT2D eigenvalue weighted by Gasteiger charge is -2.35. The van der Waals surface area contributed by atoms with Crippen molar-refractivity contribution in [2.75, 3.05) is 26.2 Å². The summed E-state index contributed by atoms with van der Waals surface area (Å²) in [6.45, 7) is 3.64. The highest BCUT2D eigenvalue weighted by molar-refractivity contribution is 7.16. The van der Waals surface area contributed by atoms with Gasteiger partial charge in [-0.25, -0.2) is 0 Å². The van der Waals surface area contributed by atoms with Crippen LogP contribution >= 0.6 is 22.9 Å². The molecule has 2 heterocycles. The van der Waals surface area contributed by atoms with Crippen LogP contribution in [0.15, 0.2) is 12.1 Å². The van der Waals surface area contributed by atoms with E-state index in [9.17, 15) is 9.59 Å². The molecule has 4 N–H and O–H groups in total. The van der Waals surface area contributed by atoms with Crippen LogP contribution in [0.3, 0.4) is 0 Å². The summed E-state index contributed by atoms with van der Waals surface area (Å²) >= 11 is 7.49. The van der Waals surface area contributed by atoms with Crippen molar-refractivity contribution in [3.8, 4) is 0 Å². The molecule has 116 valence electrons. The molecule has 2 amide bonds. The minimum atomic E-state index is -0.829. The molecule has 1 aliphatic rings. The number of piperazine rings is 1. The molecule has 21 heavy (non-hydrogen) atoms. The van der Waals surface area contributed by atoms with Gasteiger partial charge in [0.05, 0.1) is 16.8 Å². The van der Waals surface area contributed by atoms with Crippen LogP contribution in [0.2, 0.25) is 4.34 Å². The van der Waals surface area contributed by atoms with E-state index in [2.05, 4.69) is 4.90 Å². The summed E-state index contributed by atoms with van der Waals surface area (Å²) in [5.74, 6) is -0.753. The smallest absolute Gasteiger partial charge is 0.240 e. The van der Waals surface area contributed by atoms with Gasteiger partial charge in [-0.15, -0.1) is 11.3 Å². The maximum atomic E-state index is 12.1. The minimum Gasteiger partial charge on any atom is -0.370 e. The zero-order chi connectivity index (χ0) is 15.4. The predicted octanol–water partition coefficient (Wildman–Crippen LogP) is 0.248. The van der Waals surface area contributed by atoms with Crippen molar-refractivity contribution in [1.82, 2.24) is 9.80 Å². The van der Waals surface area contributed by atoms with Gasteiger partial charge < -0.3 is 16.4 Å². The van der Waals surface area contributed by atoms with Crippen LogP contribution in [0.1, 0.15) is 11.3 Å². The fourth-order valence-corrected chi connectivity index (χ4v) is 3.45. The van der Waals surface area contributed by atoms with E-state index in [0.29, 0.717) is 13.1 Å². The van der Waals surface area contributed by atoms with Crippen LogP contribution in [-0.2, 0) is 16.1 Å². The number of halogens is 1. The standard InChI is InChI=1S/C13H19ClN4O2S/c14-11-2-1-9(21-11)8-17-3-5-18(6-4-17)13(20)10(15)7-12(16)19/h1-2,10H,3-8,15H2,(H2,16,19). The number of primary amides is 1. The number of rotatable bonds is 5. The lowest BCUT2D eigenvalue weighted by Crippen LogP contribution is -2.53. The third-order valence-corrected chi connectivity index (χ3v) is 4.65. The molecule has 1 saturated heterocycles. The number of nitrogens with two attached hydrogens (primary N) is 2. The third-order valence-electron chi connectivity index (χ3n) is 3.43. The Labute approximate surface area is 132 Å². The predicted molar refractivity (Wildman–Crippen MR) is 83.0 cm³/mol. The number of thiophene rings is 1. The van der Waals surface area contributed by atoms with Crippen molar-refractivity contribution in [3.63, 3.8) is 0 Å². The average molecular weight is 331 g/mol. The normalized spacial score (nSPS) is 17.7. The Hall–Kier alpha value is -1.15. The zero-order valence-corrected chi connectivity index (χ0v) is 13.2. The maximum Gasteiger partial charge on any atom is 0.240 e. The Kier molecular flexibility index (Phi) is 5.58. The van der Waals surface area contributed by atoms with Crippen LogP contribution < -0.4 is 11.5 Å². The minimum absolute atomic E-state index is 0.104. The molecule has 0 bridgehead atoms. The fourth-order valence-electron chi connectivity index (χ4n) is 2.32. The van der Waals surface area contributed by atoms with Crippen molar-refractivity contribution in [3.05, 3.63) is 21.3 Å². The van der Waals surface area contributed by atoms with E-state index >= 15 is 0 Å².